The van der Waals surface area contributed by atoms with Crippen LogP contribution in [0.3, 0.4) is 0 Å². The maximum Gasteiger partial charge on any atom is 0.163 e. The first-order valence-electron chi connectivity index (χ1n) is 9.97. The third-order valence-electron chi connectivity index (χ3n) is 5.75. The molecule has 0 aliphatic rings. The van der Waals surface area contributed by atoms with Gasteiger partial charge in [-0.2, -0.15) is 0 Å². The van der Waals surface area contributed by atoms with Gasteiger partial charge < -0.3 is 5.11 Å². The average Bonchev–Trinajstić information content (AvgIpc) is 2.61. The number of benzene rings is 1. The summed E-state index contributed by atoms with van der Waals surface area (Å²) >= 11 is 0. The monoisotopic (exact) mass is 360 g/mol. The molecule has 0 aliphatic heterocycles. The van der Waals surface area contributed by atoms with E-state index in [1.807, 2.05) is 37.3 Å². The molecule has 3 nitrogen and oxygen atoms in total. The van der Waals surface area contributed by atoms with E-state index >= 15 is 0 Å². The summed E-state index contributed by atoms with van der Waals surface area (Å²) in [6.45, 7) is 10.4. The first-order chi connectivity index (χ1) is 12.3. The van der Waals surface area contributed by atoms with Crippen LogP contribution in [0.15, 0.2) is 30.3 Å². The van der Waals surface area contributed by atoms with Crippen LogP contribution in [0.4, 0.5) is 0 Å². The zero-order valence-corrected chi connectivity index (χ0v) is 17.1. The van der Waals surface area contributed by atoms with Crippen LogP contribution in [-0.2, 0) is 4.79 Å². The maximum atomic E-state index is 12.9. The minimum atomic E-state index is -0.350. The molecule has 0 aliphatic carbocycles. The average molecular weight is 361 g/mol. The molecular weight excluding hydrogens is 324 g/mol. The van der Waals surface area contributed by atoms with E-state index in [9.17, 15) is 14.7 Å². The van der Waals surface area contributed by atoms with Crippen molar-refractivity contribution in [1.82, 2.24) is 0 Å². The molecule has 146 valence electrons. The molecule has 2 unspecified atom stereocenters. The van der Waals surface area contributed by atoms with Crippen LogP contribution in [0, 0.1) is 23.2 Å². The van der Waals surface area contributed by atoms with Gasteiger partial charge in [-0.3, -0.25) is 9.59 Å². The van der Waals surface area contributed by atoms with E-state index in [0.29, 0.717) is 30.7 Å². The van der Waals surface area contributed by atoms with Gasteiger partial charge >= 0.3 is 0 Å². The van der Waals surface area contributed by atoms with Gasteiger partial charge in [0.1, 0.15) is 5.78 Å². The van der Waals surface area contributed by atoms with E-state index in [4.69, 9.17) is 0 Å². The molecule has 0 fully saturated rings. The lowest BCUT2D eigenvalue weighted by Crippen LogP contribution is -2.36. The lowest BCUT2D eigenvalue weighted by molar-refractivity contribution is -0.127. The van der Waals surface area contributed by atoms with Gasteiger partial charge in [-0.1, -0.05) is 71.4 Å². The highest BCUT2D eigenvalue weighted by atomic mass is 16.3. The van der Waals surface area contributed by atoms with Crippen LogP contribution in [0.1, 0.15) is 77.1 Å². The second kappa shape index (κ2) is 10.6. The van der Waals surface area contributed by atoms with Gasteiger partial charge in [0.2, 0.25) is 0 Å². The van der Waals surface area contributed by atoms with Crippen molar-refractivity contribution in [3.05, 3.63) is 35.9 Å². The molecule has 0 heterocycles. The molecule has 0 saturated carbocycles. The quantitative estimate of drug-likeness (QED) is 0.514. The summed E-state index contributed by atoms with van der Waals surface area (Å²) in [5, 5.41) is 9.52. The summed E-state index contributed by atoms with van der Waals surface area (Å²) in [5.74, 6) is 0.615. The van der Waals surface area contributed by atoms with Crippen LogP contribution in [0.5, 0.6) is 0 Å². The Morgan fingerprint density at radius 1 is 1.04 bits per heavy atom. The van der Waals surface area contributed by atoms with Crippen molar-refractivity contribution in [2.24, 2.45) is 23.2 Å². The van der Waals surface area contributed by atoms with E-state index in [1.165, 1.54) is 0 Å². The molecule has 3 heteroatoms. The summed E-state index contributed by atoms with van der Waals surface area (Å²) in [4.78, 5) is 25.8. The minimum Gasteiger partial charge on any atom is -0.396 e. The number of rotatable bonds is 12. The number of carbonyl (C=O) groups excluding carboxylic acids is 2. The maximum absolute atomic E-state index is 12.9. The summed E-state index contributed by atoms with van der Waals surface area (Å²) in [6.07, 6.45) is 3.24. The Bertz CT molecular complexity index is 558. The van der Waals surface area contributed by atoms with Gasteiger partial charge in [0, 0.05) is 24.3 Å². The Morgan fingerprint density at radius 2 is 1.65 bits per heavy atom. The third-order valence-corrected chi connectivity index (χ3v) is 5.75. The standard InChI is InChI=1S/C23H36O3/c1-6-19(16-24)21(25)14-23(18(4)5,13-12-17(2)3)15-22(26)20-10-8-7-9-11-20/h7-11,17-19,24H,6,12-16H2,1-5H3. The third kappa shape index (κ3) is 6.35. The number of hydrogen-bond donors (Lipinski definition) is 1. The molecule has 0 spiro atoms. The van der Waals surface area contributed by atoms with Gasteiger partial charge in [-0.15, -0.1) is 0 Å². The zero-order valence-electron chi connectivity index (χ0n) is 17.1. The van der Waals surface area contributed by atoms with Gasteiger partial charge in [0.05, 0.1) is 6.61 Å². The minimum absolute atomic E-state index is 0.0910. The topological polar surface area (TPSA) is 54.4 Å². The highest BCUT2D eigenvalue weighted by Gasteiger charge is 2.39. The van der Waals surface area contributed by atoms with Crippen molar-refractivity contribution in [2.45, 2.75) is 66.7 Å². The van der Waals surface area contributed by atoms with E-state index < -0.39 is 0 Å². The molecule has 0 bridgehead atoms. The van der Waals surface area contributed by atoms with Crippen molar-refractivity contribution in [3.63, 3.8) is 0 Å². The summed E-state index contributed by atoms with van der Waals surface area (Å²) in [7, 11) is 0. The Kier molecular flexibility index (Phi) is 9.21. The van der Waals surface area contributed by atoms with Gasteiger partial charge in [-0.05, 0) is 30.1 Å². The fraction of sp³-hybridized carbons (Fsp3) is 0.652. The van der Waals surface area contributed by atoms with Crippen molar-refractivity contribution in [2.75, 3.05) is 6.61 Å². The number of hydrogen-bond acceptors (Lipinski definition) is 3. The fourth-order valence-corrected chi connectivity index (χ4v) is 3.51. The molecule has 0 saturated heterocycles. The predicted molar refractivity (Wildman–Crippen MR) is 107 cm³/mol. The molecule has 2 atom stereocenters. The lowest BCUT2D eigenvalue weighted by Gasteiger charge is -2.38. The van der Waals surface area contributed by atoms with Crippen LogP contribution in [-0.4, -0.2) is 23.3 Å². The van der Waals surface area contributed by atoms with E-state index in [2.05, 4.69) is 27.7 Å². The van der Waals surface area contributed by atoms with Crippen molar-refractivity contribution < 1.29 is 14.7 Å². The van der Waals surface area contributed by atoms with Crippen molar-refractivity contribution in [1.29, 1.82) is 0 Å². The Balaban J connectivity index is 3.12. The van der Waals surface area contributed by atoms with Crippen LogP contribution in [0.25, 0.3) is 0 Å². The second-order valence-corrected chi connectivity index (χ2v) is 8.35. The van der Waals surface area contributed by atoms with Gasteiger partial charge in [0.25, 0.3) is 0 Å². The zero-order chi connectivity index (χ0) is 19.7. The summed E-state index contributed by atoms with van der Waals surface area (Å²) in [5.41, 5.74) is 0.361. The van der Waals surface area contributed by atoms with Crippen LogP contribution >= 0.6 is 0 Å². The summed E-state index contributed by atoms with van der Waals surface area (Å²) < 4.78 is 0. The smallest absolute Gasteiger partial charge is 0.163 e. The molecular formula is C23H36O3. The SMILES string of the molecule is CCC(CO)C(=O)CC(CCC(C)C)(CC(=O)c1ccccc1)C(C)C. The highest BCUT2D eigenvalue weighted by Crippen LogP contribution is 2.43. The number of Topliss-reactive ketones (excluding diaryl/α,β-unsaturated/α-hetero) is 2. The molecule has 1 rings (SSSR count). The first-order valence-corrected chi connectivity index (χ1v) is 9.97. The van der Waals surface area contributed by atoms with Gasteiger partial charge in [0.15, 0.2) is 5.78 Å². The number of aliphatic hydroxyl groups excluding tert-OH is 1. The van der Waals surface area contributed by atoms with E-state index in [0.717, 1.165) is 12.8 Å². The summed E-state index contributed by atoms with van der Waals surface area (Å²) in [6, 6.07) is 9.35. The Labute approximate surface area is 159 Å². The van der Waals surface area contributed by atoms with E-state index in [1.54, 1.807) is 0 Å². The fourth-order valence-electron chi connectivity index (χ4n) is 3.51. The lowest BCUT2D eigenvalue weighted by atomic mass is 9.65. The van der Waals surface area contributed by atoms with Crippen molar-refractivity contribution in [3.8, 4) is 0 Å². The van der Waals surface area contributed by atoms with Crippen LogP contribution in [0.2, 0.25) is 0 Å². The molecule has 1 aromatic rings. The van der Waals surface area contributed by atoms with Crippen molar-refractivity contribution >= 4 is 11.6 Å². The highest BCUT2D eigenvalue weighted by molar-refractivity contribution is 5.97. The molecule has 1 aromatic carbocycles. The Morgan fingerprint density at radius 3 is 2.12 bits per heavy atom. The normalized spacial score (nSPS) is 15.1. The number of carbonyl (C=O) groups is 2. The molecule has 0 radical (unpaired) electrons. The molecule has 1 N–H and O–H groups in total. The largest absolute Gasteiger partial charge is 0.396 e. The molecule has 26 heavy (non-hydrogen) atoms. The van der Waals surface area contributed by atoms with E-state index in [-0.39, 0.29) is 35.4 Å². The van der Waals surface area contributed by atoms with Crippen LogP contribution < -0.4 is 0 Å². The second-order valence-electron chi connectivity index (χ2n) is 8.35. The predicted octanol–water partition coefficient (Wildman–Crippen LogP) is 5.32. The Hall–Kier alpha value is -1.48. The number of ketones is 2. The van der Waals surface area contributed by atoms with Gasteiger partial charge in [-0.25, -0.2) is 0 Å². The number of aliphatic hydroxyl groups is 1. The molecule has 0 aromatic heterocycles. The first kappa shape index (κ1) is 22.6. The molecule has 0 amide bonds.